The molecular formula is C17H14ClFN2OS2. The van der Waals surface area contributed by atoms with Crippen molar-refractivity contribution >= 4 is 50.8 Å². The first-order valence-corrected chi connectivity index (χ1v) is 9.80. The van der Waals surface area contributed by atoms with Gasteiger partial charge in [0.05, 0.1) is 15.8 Å². The van der Waals surface area contributed by atoms with E-state index in [9.17, 15) is 9.18 Å². The van der Waals surface area contributed by atoms with Crippen LogP contribution in [-0.2, 0) is 6.54 Å². The van der Waals surface area contributed by atoms with E-state index < -0.39 is 11.7 Å². The second kappa shape index (κ2) is 7.51. The highest BCUT2D eigenvalue weighted by molar-refractivity contribution is 7.98. The van der Waals surface area contributed by atoms with E-state index in [-0.39, 0.29) is 5.56 Å². The van der Waals surface area contributed by atoms with Gasteiger partial charge in [-0.2, -0.15) is 16.8 Å². The fraction of sp³-hybridized carbons (Fsp3) is 0.176. The maximum atomic E-state index is 13.8. The number of rotatable bonds is 4. The van der Waals surface area contributed by atoms with Crippen LogP contribution in [0.15, 0.2) is 47.5 Å². The Kier molecular flexibility index (Phi) is 5.38. The molecule has 1 aromatic heterocycles. The SMILES string of the molecule is CSCCn1c(=NC(=O)c2ccccc2F)sc2cc(Cl)ccc21. The zero-order valence-corrected chi connectivity index (χ0v) is 15.2. The van der Waals surface area contributed by atoms with Crippen LogP contribution in [0.25, 0.3) is 10.2 Å². The normalized spacial score (nSPS) is 12.0. The van der Waals surface area contributed by atoms with Crippen molar-refractivity contribution in [3.05, 3.63) is 63.7 Å². The first kappa shape index (κ1) is 17.2. The number of hydrogen-bond donors (Lipinski definition) is 0. The van der Waals surface area contributed by atoms with Gasteiger partial charge >= 0.3 is 0 Å². The molecule has 0 radical (unpaired) electrons. The number of aromatic nitrogens is 1. The lowest BCUT2D eigenvalue weighted by atomic mass is 10.2. The molecule has 0 aliphatic carbocycles. The van der Waals surface area contributed by atoms with Gasteiger partial charge in [-0.3, -0.25) is 4.79 Å². The molecule has 0 bridgehead atoms. The Bertz CT molecular complexity index is 965. The molecule has 0 saturated heterocycles. The molecule has 0 aliphatic rings. The number of carbonyl (C=O) groups excluding carboxylic acids is 1. The predicted octanol–water partition coefficient (Wildman–Crippen LogP) is 4.60. The molecule has 24 heavy (non-hydrogen) atoms. The second-order valence-electron chi connectivity index (χ2n) is 5.04. The summed E-state index contributed by atoms with van der Waals surface area (Å²) in [5.74, 6) is -0.259. The molecular weight excluding hydrogens is 367 g/mol. The number of nitrogens with zero attached hydrogens (tertiary/aromatic N) is 2. The van der Waals surface area contributed by atoms with E-state index in [1.54, 1.807) is 23.9 Å². The molecule has 0 aliphatic heterocycles. The van der Waals surface area contributed by atoms with E-state index in [0.717, 1.165) is 16.0 Å². The summed E-state index contributed by atoms with van der Waals surface area (Å²) in [5.41, 5.74) is 0.947. The molecule has 3 nitrogen and oxygen atoms in total. The number of halogens is 2. The average Bonchev–Trinajstić information content (AvgIpc) is 2.89. The number of carbonyl (C=O) groups is 1. The van der Waals surface area contributed by atoms with Crippen molar-refractivity contribution in [2.24, 2.45) is 4.99 Å². The van der Waals surface area contributed by atoms with Crippen molar-refractivity contribution in [3.8, 4) is 0 Å². The molecule has 1 amide bonds. The Morgan fingerprint density at radius 2 is 2.12 bits per heavy atom. The van der Waals surface area contributed by atoms with E-state index in [1.165, 1.54) is 23.5 Å². The molecule has 3 rings (SSSR count). The zero-order valence-electron chi connectivity index (χ0n) is 12.8. The van der Waals surface area contributed by atoms with Crippen LogP contribution in [0, 0.1) is 5.82 Å². The number of hydrogen-bond acceptors (Lipinski definition) is 3. The Morgan fingerprint density at radius 3 is 2.88 bits per heavy atom. The smallest absolute Gasteiger partial charge is 0.282 e. The molecule has 0 atom stereocenters. The van der Waals surface area contributed by atoms with Gasteiger partial charge in [0, 0.05) is 17.3 Å². The summed E-state index contributed by atoms with van der Waals surface area (Å²) in [6, 6.07) is 11.5. The van der Waals surface area contributed by atoms with Crippen molar-refractivity contribution in [2.45, 2.75) is 6.54 Å². The summed E-state index contributed by atoms with van der Waals surface area (Å²) in [6.07, 6.45) is 2.02. The summed E-state index contributed by atoms with van der Waals surface area (Å²) in [5, 5.41) is 0.632. The molecule has 0 N–H and O–H groups in total. The van der Waals surface area contributed by atoms with Crippen LogP contribution < -0.4 is 4.80 Å². The van der Waals surface area contributed by atoms with E-state index in [4.69, 9.17) is 11.6 Å². The fourth-order valence-electron chi connectivity index (χ4n) is 2.31. The van der Waals surface area contributed by atoms with Gasteiger partial charge in [-0.15, -0.1) is 0 Å². The van der Waals surface area contributed by atoms with Crippen molar-refractivity contribution in [1.29, 1.82) is 0 Å². The van der Waals surface area contributed by atoms with Crippen molar-refractivity contribution in [2.75, 3.05) is 12.0 Å². The lowest BCUT2D eigenvalue weighted by Gasteiger charge is -2.04. The van der Waals surface area contributed by atoms with E-state index >= 15 is 0 Å². The van der Waals surface area contributed by atoms with Crippen LogP contribution in [0.2, 0.25) is 5.02 Å². The van der Waals surface area contributed by atoms with Crippen molar-refractivity contribution in [3.63, 3.8) is 0 Å². The molecule has 2 aromatic carbocycles. The van der Waals surface area contributed by atoms with Crippen LogP contribution in [0.5, 0.6) is 0 Å². The lowest BCUT2D eigenvalue weighted by molar-refractivity contribution is 0.0994. The molecule has 0 saturated carbocycles. The number of benzene rings is 2. The molecule has 0 spiro atoms. The topological polar surface area (TPSA) is 34.4 Å². The minimum atomic E-state index is -0.580. The molecule has 3 aromatic rings. The van der Waals surface area contributed by atoms with Crippen LogP contribution >= 0.6 is 34.7 Å². The summed E-state index contributed by atoms with van der Waals surface area (Å²) >= 11 is 9.14. The highest BCUT2D eigenvalue weighted by Gasteiger charge is 2.12. The molecule has 0 unspecified atom stereocenters. The number of fused-ring (bicyclic) bond motifs is 1. The van der Waals surface area contributed by atoms with Gasteiger partial charge in [-0.05, 0) is 36.6 Å². The Hall–Kier alpha value is -1.63. The molecule has 1 heterocycles. The largest absolute Gasteiger partial charge is 0.316 e. The maximum absolute atomic E-state index is 13.8. The van der Waals surface area contributed by atoms with Gasteiger partial charge < -0.3 is 4.57 Å². The third-order valence-electron chi connectivity index (χ3n) is 3.47. The van der Waals surface area contributed by atoms with Crippen LogP contribution in [0.4, 0.5) is 4.39 Å². The fourth-order valence-corrected chi connectivity index (χ4v) is 4.01. The van der Waals surface area contributed by atoms with Crippen LogP contribution in [0.3, 0.4) is 0 Å². The molecule has 124 valence electrons. The van der Waals surface area contributed by atoms with Gasteiger partial charge in [0.1, 0.15) is 5.82 Å². The zero-order chi connectivity index (χ0) is 17.1. The van der Waals surface area contributed by atoms with Gasteiger partial charge in [0.25, 0.3) is 5.91 Å². The Labute approximate surface area is 151 Å². The van der Waals surface area contributed by atoms with Gasteiger partial charge in [-0.1, -0.05) is 35.1 Å². The summed E-state index contributed by atoms with van der Waals surface area (Å²) < 4.78 is 16.7. The van der Waals surface area contributed by atoms with E-state index in [2.05, 4.69) is 4.99 Å². The van der Waals surface area contributed by atoms with Gasteiger partial charge in [-0.25, -0.2) is 4.39 Å². The van der Waals surface area contributed by atoms with Gasteiger partial charge in [0.15, 0.2) is 4.80 Å². The average molecular weight is 381 g/mol. The van der Waals surface area contributed by atoms with E-state index in [0.29, 0.717) is 16.4 Å². The lowest BCUT2D eigenvalue weighted by Crippen LogP contribution is -2.18. The van der Waals surface area contributed by atoms with Crippen molar-refractivity contribution < 1.29 is 9.18 Å². The van der Waals surface area contributed by atoms with Crippen LogP contribution in [-0.4, -0.2) is 22.5 Å². The van der Waals surface area contributed by atoms with Crippen molar-refractivity contribution in [1.82, 2.24) is 4.57 Å². The minimum absolute atomic E-state index is 0.0237. The molecule has 7 heteroatoms. The standard InChI is InChI=1S/C17H14ClFN2OS2/c1-23-9-8-21-14-7-6-11(18)10-15(14)24-17(21)20-16(22)12-4-2-3-5-13(12)19/h2-7,10H,8-9H2,1H3. The number of thioether (sulfide) groups is 1. The third kappa shape index (κ3) is 3.55. The van der Waals surface area contributed by atoms with E-state index in [1.807, 2.05) is 29.0 Å². The summed E-state index contributed by atoms with van der Waals surface area (Å²) in [4.78, 5) is 17.1. The van der Waals surface area contributed by atoms with Gasteiger partial charge in [0.2, 0.25) is 0 Å². The number of amides is 1. The first-order valence-electron chi connectivity index (χ1n) is 7.21. The number of aryl methyl sites for hydroxylation is 1. The molecule has 0 fully saturated rings. The Balaban J connectivity index is 2.13. The third-order valence-corrected chi connectivity index (χ3v) is 5.33. The quantitative estimate of drug-likeness (QED) is 0.663. The highest BCUT2D eigenvalue weighted by Crippen LogP contribution is 2.22. The monoisotopic (exact) mass is 380 g/mol. The summed E-state index contributed by atoms with van der Waals surface area (Å²) in [6.45, 7) is 0.714. The maximum Gasteiger partial charge on any atom is 0.282 e. The minimum Gasteiger partial charge on any atom is -0.316 e. The highest BCUT2D eigenvalue weighted by atomic mass is 35.5. The summed E-state index contributed by atoms with van der Waals surface area (Å²) in [7, 11) is 0. The van der Waals surface area contributed by atoms with Crippen LogP contribution in [0.1, 0.15) is 10.4 Å². The Morgan fingerprint density at radius 1 is 1.33 bits per heavy atom. The first-order chi connectivity index (χ1) is 11.6. The second-order valence-corrected chi connectivity index (χ2v) is 7.47. The predicted molar refractivity (Wildman–Crippen MR) is 99.5 cm³/mol. The number of thiazole rings is 1.